The summed E-state index contributed by atoms with van der Waals surface area (Å²) in [7, 11) is 1.54. The van der Waals surface area contributed by atoms with Crippen LogP contribution in [0.3, 0.4) is 0 Å². The number of benzene rings is 1. The molecule has 2 aromatic heterocycles. The van der Waals surface area contributed by atoms with Crippen LogP contribution in [0.15, 0.2) is 27.8 Å². The number of nitrogens with two attached hydrogens (primary N) is 1. The quantitative estimate of drug-likeness (QED) is 0.500. The third kappa shape index (κ3) is 4.46. The Bertz CT molecular complexity index is 1260. The average molecular weight is 463 g/mol. The van der Waals surface area contributed by atoms with E-state index in [4.69, 9.17) is 10.5 Å². The van der Waals surface area contributed by atoms with Gasteiger partial charge in [0.25, 0.3) is 11.5 Å². The maximum absolute atomic E-state index is 14.4. The van der Waals surface area contributed by atoms with E-state index in [2.05, 4.69) is 4.98 Å². The molecule has 0 aliphatic carbocycles. The first kappa shape index (κ1) is 23.7. The number of hydrogen-bond donors (Lipinski definition) is 2. The van der Waals surface area contributed by atoms with Crippen LogP contribution < -0.4 is 21.9 Å². The van der Waals surface area contributed by atoms with Gasteiger partial charge in [-0.25, -0.2) is 9.18 Å². The van der Waals surface area contributed by atoms with Gasteiger partial charge in [-0.15, -0.1) is 11.3 Å². The fraction of sp³-hybridized carbons (Fsp3) is 0.409. The lowest BCUT2D eigenvalue weighted by Crippen LogP contribution is -2.42. The van der Waals surface area contributed by atoms with Crippen molar-refractivity contribution in [1.29, 1.82) is 0 Å². The van der Waals surface area contributed by atoms with Crippen molar-refractivity contribution in [2.75, 3.05) is 30.9 Å². The van der Waals surface area contributed by atoms with Crippen LogP contribution in [-0.2, 0) is 11.3 Å². The van der Waals surface area contributed by atoms with Crippen LogP contribution in [-0.4, -0.2) is 35.7 Å². The number of thiophene rings is 1. The molecule has 8 nitrogen and oxygen atoms in total. The third-order valence-corrected chi connectivity index (χ3v) is 6.35. The Kier molecular flexibility index (Phi) is 7.15. The smallest absolute Gasteiger partial charge is 0.330 e. The minimum atomic E-state index is -0.747. The number of aromatic nitrogens is 2. The lowest BCUT2D eigenvalue weighted by Gasteiger charge is -2.24. The largest absolute Gasteiger partial charge is 0.385 e. The molecule has 172 valence electrons. The number of nitrogen functional groups attached to an aromatic ring is 1. The lowest BCUT2D eigenvalue weighted by molar-refractivity contribution is 0.0986. The first-order valence-electron chi connectivity index (χ1n) is 10.3. The Hall–Kier alpha value is -2.98. The highest BCUT2D eigenvalue weighted by Gasteiger charge is 2.28. The number of aryl methyl sites for hydroxylation is 1. The second-order valence-electron chi connectivity index (χ2n) is 7.97. The second-order valence-corrected chi connectivity index (χ2v) is 9.02. The number of hydrogen-bond acceptors (Lipinski definition) is 6. The average Bonchev–Trinajstić information content (AvgIpc) is 3.07. The third-order valence-electron chi connectivity index (χ3n) is 5.10. The standard InChI is InChI=1S/C22H27FN4O4S/c1-12(2)11-27-19(24)17(20(28)25-22(27)30)26(9-6-10-31-4)21(29)18-13(3)16-14(23)7-5-8-15(16)32-18/h5,7-8,12H,6,9-11,24H2,1-4H3,(H,25,28,30). The number of nitrogens with one attached hydrogen (secondary N) is 1. The summed E-state index contributed by atoms with van der Waals surface area (Å²) in [5.74, 6) is -0.891. The van der Waals surface area contributed by atoms with Gasteiger partial charge in [0.2, 0.25) is 0 Å². The molecule has 0 saturated carbocycles. The van der Waals surface area contributed by atoms with Gasteiger partial charge in [-0.1, -0.05) is 19.9 Å². The molecule has 0 atom stereocenters. The molecule has 0 radical (unpaired) electrons. The van der Waals surface area contributed by atoms with Crippen LogP contribution >= 0.6 is 11.3 Å². The molecule has 0 aliphatic rings. The van der Waals surface area contributed by atoms with Crippen molar-refractivity contribution in [3.05, 3.63) is 55.3 Å². The Morgan fingerprint density at radius 3 is 2.69 bits per heavy atom. The van der Waals surface area contributed by atoms with Crippen LogP contribution in [0.25, 0.3) is 10.1 Å². The summed E-state index contributed by atoms with van der Waals surface area (Å²) in [6.07, 6.45) is 0.433. The highest BCUT2D eigenvalue weighted by atomic mass is 32.1. The number of halogens is 1. The minimum absolute atomic E-state index is 0.0804. The van der Waals surface area contributed by atoms with Crippen LogP contribution in [0.4, 0.5) is 15.9 Å². The molecular formula is C22H27FN4O4S. The van der Waals surface area contributed by atoms with Crippen molar-refractivity contribution in [1.82, 2.24) is 9.55 Å². The van der Waals surface area contributed by atoms with Gasteiger partial charge in [-0.2, -0.15) is 0 Å². The molecule has 0 aliphatic heterocycles. The van der Waals surface area contributed by atoms with E-state index < -0.39 is 23.0 Å². The van der Waals surface area contributed by atoms with Gasteiger partial charge in [0.15, 0.2) is 5.69 Å². The van der Waals surface area contributed by atoms with E-state index in [-0.39, 0.29) is 30.5 Å². The predicted octanol–water partition coefficient (Wildman–Crippen LogP) is 3.12. The van der Waals surface area contributed by atoms with Gasteiger partial charge in [-0.05, 0) is 37.0 Å². The van der Waals surface area contributed by atoms with E-state index in [0.717, 1.165) is 11.3 Å². The molecule has 3 rings (SSSR count). The molecule has 3 N–H and O–H groups in total. The van der Waals surface area contributed by atoms with E-state index in [0.29, 0.717) is 33.6 Å². The fourth-order valence-corrected chi connectivity index (χ4v) is 4.82. The number of carbonyl (C=O) groups is 1. The first-order valence-corrected chi connectivity index (χ1v) is 11.1. The van der Waals surface area contributed by atoms with Crippen molar-refractivity contribution in [3.8, 4) is 0 Å². The maximum atomic E-state index is 14.4. The van der Waals surface area contributed by atoms with Crippen LogP contribution in [0.2, 0.25) is 0 Å². The summed E-state index contributed by atoms with van der Waals surface area (Å²) in [5.41, 5.74) is 5.28. The van der Waals surface area contributed by atoms with E-state index in [9.17, 15) is 18.8 Å². The lowest BCUT2D eigenvalue weighted by atomic mass is 10.1. The van der Waals surface area contributed by atoms with Gasteiger partial charge in [0.1, 0.15) is 11.6 Å². The number of nitrogens with zero attached hydrogens (tertiary/aromatic N) is 2. The highest BCUT2D eigenvalue weighted by molar-refractivity contribution is 7.21. The Labute approximate surface area is 188 Å². The van der Waals surface area contributed by atoms with Gasteiger partial charge in [-0.3, -0.25) is 24.0 Å². The van der Waals surface area contributed by atoms with E-state index in [1.54, 1.807) is 19.1 Å². The molecule has 0 unspecified atom stereocenters. The number of carbonyl (C=O) groups excluding carboxylic acids is 1. The number of H-pyrrole nitrogens is 1. The molecule has 0 bridgehead atoms. The fourth-order valence-electron chi connectivity index (χ4n) is 3.65. The highest BCUT2D eigenvalue weighted by Crippen LogP contribution is 2.34. The number of amides is 1. The molecule has 0 spiro atoms. The van der Waals surface area contributed by atoms with Crippen LogP contribution in [0.1, 0.15) is 35.5 Å². The van der Waals surface area contributed by atoms with Crippen LogP contribution in [0, 0.1) is 18.7 Å². The normalized spacial score (nSPS) is 11.4. The number of methoxy groups -OCH3 is 1. The van der Waals surface area contributed by atoms with Crippen molar-refractivity contribution in [3.63, 3.8) is 0 Å². The Morgan fingerprint density at radius 2 is 2.06 bits per heavy atom. The first-order chi connectivity index (χ1) is 15.2. The summed E-state index contributed by atoms with van der Waals surface area (Å²) in [4.78, 5) is 42.6. The topological polar surface area (TPSA) is 110 Å². The van der Waals surface area contributed by atoms with Gasteiger partial charge >= 0.3 is 5.69 Å². The second kappa shape index (κ2) is 9.66. The summed E-state index contributed by atoms with van der Waals surface area (Å²) in [6.45, 7) is 6.27. The van der Waals surface area contributed by atoms with Crippen LogP contribution in [0.5, 0.6) is 0 Å². The summed E-state index contributed by atoms with van der Waals surface area (Å²) in [6, 6.07) is 4.67. The molecular weight excluding hydrogens is 435 g/mol. The predicted molar refractivity (Wildman–Crippen MR) is 125 cm³/mol. The van der Waals surface area contributed by atoms with Gasteiger partial charge in [0, 0.05) is 36.9 Å². The Morgan fingerprint density at radius 1 is 1.34 bits per heavy atom. The number of aromatic amines is 1. The zero-order valence-corrected chi connectivity index (χ0v) is 19.3. The summed E-state index contributed by atoms with van der Waals surface area (Å²) >= 11 is 1.15. The molecule has 3 aromatic rings. The summed E-state index contributed by atoms with van der Waals surface area (Å²) < 4.78 is 21.4. The number of ether oxygens (including phenoxy) is 1. The molecule has 0 saturated heterocycles. The van der Waals surface area contributed by atoms with Crippen molar-refractivity contribution in [2.24, 2.45) is 5.92 Å². The zero-order valence-electron chi connectivity index (χ0n) is 18.5. The van der Waals surface area contributed by atoms with Gasteiger partial charge < -0.3 is 10.5 Å². The molecule has 32 heavy (non-hydrogen) atoms. The zero-order chi connectivity index (χ0) is 23.6. The molecule has 1 amide bonds. The number of rotatable bonds is 8. The van der Waals surface area contributed by atoms with Crippen molar-refractivity contribution < 1.29 is 13.9 Å². The molecule has 10 heteroatoms. The number of anilines is 2. The minimum Gasteiger partial charge on any atom is -0.385 e. The summed E-state index contributed by atoms with van der Waals surface area (Å²) in [5, 5.41) is 0.379. The Balaban J connectivity index is 2.17. The maximum Gasteiger partial charge on any atom is 0.330 e. The monoisotopic (exact) mass is 462 g/mol. The number of fused-ring (bicyclic) bond motifs is 1. The van der Waals surface area contributed by atoms with E-state index in [1.807, 2.05) is 13.8 Å². The van der Waals surface area contributed by atoms with Crippen molar-refractivity contribution in [2.45, 2.75) is 33.7 Å². The SMILES string of the molecule is COCCCN(C(=O)c1sc2cccc(F)c2c1C)c1c(N)n(CC(C)C)c(=O)[nH]c1=O. The molecule has 0 fully saturated rings. The van der Waals surface area contributed by atoms with Crippen molar-refractivity contribution >= 4 is 38.8 Å². The van der Waals surface area contributed by atoms with E-state index >= 15 is 0 Å². The van der Waals surface area contributed by atoms with E-state index in [1.165, 1.54) is 22.6 Å². The van der Waals surface area contributed by atoms with Gasteiger partial charge in [0.05, 0.1) is 4.88 Å². The molecule has 2 heterocycles. The molecule has 1 aromatic carbocycles.